The molecule has 0 aromatic heterocycles. The number of nitrogens with one attached hydrogen (secondary N) is 1. The average molecular weight is 386 g/mol. The Kier molecular flexibility index (Phi) is 4.86. The number of aliphatic hydroxyl groups is 1. The SMILES string of the molecule is COC(=O)NC1CC(C(=O)N2CC3C(C2)C3c2cccc(C(C)(C)CO)c2)C1. The minimum absolute atomic E-state index is 0.0341. The maximum atomic E-state index is 12.7. The molecule has 3 aliphatic rings. The molecule has 1 saturated heterocycles. The highest BCUT2D eigenvalue weighted by Crippen LogP contribution is 2.58. The zero-order valence-electron chi connectivity index (χ0n) is 16.9. The summed E-state index contributed by atoms with van der Waals surface area (Å²) in [6.45, 7) is 5.92. The highest BCUT2D eigenvalue weighted by molar-refractivity contribution is 5.81. The van der Waals surface area contributed by atoms with Gasteiger partial charge in [0.15, 0.2) is 0 Å². The van der Waals surface area contributed by atoms with Crippen molar-refractivity contribution < 1.29 is 19.4 Å². The number of piperidine rings is 1. The smallest absolute Gasteiger partial charge is 0.407 e. The number of rotatable bonds is 5. The molecule has 6 nitrogen and oxygen atoms in total. The molecule has 1 aromatic carbocycles. The first-order valence-corrected chi connectivity index (χ1v) is 10.2. The van der Waals surface area contributed by atoms with Crippen LogP contribution in [0.2, 0.25) is 0 Å². The number of benzene rings is 1. The molecule has 1 heterocycles. The summed E-state index contributed by atoms with van der Waals surface area (Å²) in [5.41, 5.74) is 2.28. The summed E-state index contributed by atoms with van der Waals surface area (Å²) in [5.74, 6) is 1.92. The number of fused-ring (bicyclic) bond motifs is 1. The monoisotopic (exact) mass is 386 g/mol. The van der Waals surface area contributed by atoms with Crippen LogP contribution >= 0.6 is 0 Å². The van der Waals surface area contributed by atoms with E-state index in [9.17, 15) is 14.7 Å². The van der Waals surface area contributed by atoms with Gasteiger partial charge in [-0.2, -0.15) is 0 Å². The number of hydrogen-bond donors (Lipinski definition) is 2. The van der Waals surface area contributed by atoms with Crippen molar-refractivity contribution in [1.82, 2.24) is 10.2 Å². The predicted molar refractivity (Wildman–Crippen MR) is 105 cm³/mol. The number of methoxy groups -OCH3 is 1. The van der Waals surface area contributed by atoms with Gasteiger partial charge in [-0.15, -0.1) is 0 Å². The molecule has 2 N–H and O–H groups in total. The summed E-state index contributed by atoms with van der Waals surface area (Å²) in [7, 11) is 1.35. The molecular formula is C22H30N2O4. The van der Waals surface area contributed by atoms with Crippen LogP contribution in [0.5, 0.6) is 0 Å². The van der Waals surface area contributed by atoms with Gasteiger partial charge < -0.3 is 20.1 Å². The summed E-state index contributed by atoms with van der Waals surface area (Å²) in [5, 5.41) is 12.4. The van der Waals surface area contributed by atoms with Crippen molar-refractivity contribution in [1.29, 1.82) is 0 Å². The third kappa shape index (κ3) is 3.39. The Balaban J connectivity index is 1.30. The van der Waals surface area contributed by atoms with Gasteiger partial charge in [-0.25, -0.2) is 4.79 Å². The Bertz CT molecular complexity index is 760. The third-order valence-corrected chi connectivity index (χ3v) is 6.95. The number of aliphatic hydroxyl groups excluding tert-OH is 1. The van der Waals surface area contributed by atoms with Crippen molar-refractivity contribution >= 4 is 12.0 Å². The van der Waals surface area contributed by atoms with Crippen LogP contribution in [-0.4, -0.2) is 54.9 Å². The molecule has 1 aromatic rings. The van der Waals surface area contributed by atoms with Gasteiger partial charge in [0.2, 0.25) is 5.91 Å². The summed E-state index contributed by atoms with van der Waals surface area (Å²) >= 11 is 0. The van der Waals surface area contributed by atoms with Gasteiger partial charge in [0.25, 0.3) is 0 Å². The highest BCUT2D eigenvalue weighted by Gasteiger charge is 2.58. The zero-order valence-corrected chi connectivity index (χ0v) is 16.9. The Morgan fingerprint density at radius 3 is 2.54 bits per heavy atom. The number of ether oxygens (including phenoxy) is 1. The zero-order chi connectivity index (χ0) is 20.1. The van der Waals surface area contributed by atoms with E-state index in [0.717, 1.165) is 13.1 Å². The molecular weight excluding hydrogens is 356 g/mol. The molecule has 2 aliphatic carbocycles. The quantitative estimate of drug-likeness (QED) is 0.814. The van der Waals surface area contributed by atoms with Crippen LogP contribution in [0, 0.1) is 17.8 Å². The molecule has 4 rings (SSSR count). The molecule has 2 amide bonds. The second-order valence-corrected chi connectivity index (χ2v) is 9.27. The molecule has 2 saturated carbocycles. The standard InChI is InChI=1S/C22H30N2O4/c1-22(2,12-25)15-6-4-5-13(7-15)19-17-10-24(11-18(17)19)20(26)14-8-16(9-14)23-21(27)28-3/h4-7,14,16-19,25H,8-12H2,1-3H3,(H,23,27). The number of amides is 2. The van der Waals surface area contributed by atoms with E-state index in [2.05, 4.69) is 48.2 Å². The molecule has 3 fully saturated rings. The Morgan fingerprint density at radius 2 is 1.93 bits per heavy atom. The molecule has 2 unspecified atom stereocenters. The van der Waals surface area contributed by atoms with Crippen LogP contribution in [0.15, 0.2) is 24.3 Å². The molecule has 0 spiro atoms. The molecule has 152 valence electrons. The highest BCUT2D eigenvalue weighted by atomic mass is 16.5. The lowest BCUT2D eigenvalue weighted by atomic mass is 9.79. The normalized spacial score (nSPS) is 31.0. The van der Waals surface area contributed by atoms with Crippen LogP contribution in [0.4, 0.5) is 4.79 Å². The number of nitrogens with zero attached hydrogens (tertiary/aromatic N) is 1. The van der Waals surface area contributed by atoms with Crippen molar-refractivity contribution in [3.05, 3.63) is 35.4 Å². The second-order valence-electron chi connectivity index (χ2n) is 9.27. The lowest BCUT2D eigenvalue weighted by Crippen LogP contribution is -2.50. The minimum atomic E-state index is -0.423. The fourth-order valence-electron chi connectivity index (χ4n) is 4.88. The maximum Gasteiger partial charge on any atom is 0.407 e. The Morgan fingerprint density at radius 1 is 1.25 bits per heavy atom. The van der Waals surface area contributed by atoms with Crippen molar-refractivity contribution in [3.8, 4) is 0 Å². The summed E-state index contributed by atoms with van der Waals surface area (Å²) in [6.07, 6.45) is 0.996. The lowest BCUT2D eigenvalue weighted by Gasteiger charge is -2.37. The molecule has 0 radical (unpaired) electrons. The first kappa shape index (κ1) is 19.2. The molecule has 0 bridgehead atoms. The molecule has 6 heteroatoms. The van der Waals surface area contributed by atoms with E-state index in [1.54, 1.807) is 0 Å². The van der Waals surface area contributed by atoms with Gasteiger partial charge in [-0.3, -0.25) is 4.79 Å². The Labute approximate surface area is 166 Å². The summed E-state index contributed by atoms with van der Waals surface area (Å²) in [4.78, 5) is 26.0. The van der Waals surface area contributed by atoms with E-state index in [-0.39, 0.29) is 29.9 Å². The number of carbonyl (C=O) groups excluding carboxylic acids is 2. The molecule has 2 atom stereocenters. The third-order valence-electron chi connectivity index (χ3n) is 6.95. The Hall–Kier alpha value is -2.08. The van der Waals surface area contributed by atoms with Crippen molar-refractivity contribution in [2.24, 2.45) is 17.8 Å². The average Bonchev–Trinajstić information content (AvgIpc) is 3.17. The topological polar surface area (TPSA) is 78.9 Å². The van der Waals surface area contributed by atoms with Crippen LogP contribution in [-0.2, 0) is 14.9 Å². The number of hydrogen-bond acceptors (Lipinski definition) is 4. The van der Waals surface area contributed by atoms with Crippen molar-refractivity contribution in [2.75, 3.05) is 26.8 Å². The van der Waals surface area contributed by atoms with E-state index in [0.29, 0.717) is 30.6 Å². The van der Waals surface area contributed by atoms with Gasteiger partial charge in [0.05, 0.1) is 13.7 Å². The van der Waals surface area contributed by atoms with Gasteiger partial charge in [-0.1, -0.05) is 38.1 Å². The van der Waals surface area contributed by atoms with Gasteiger partial charge in [0.1, 0.15) is 0 Å². The van der Waals surface area contributed by atoms with Gasteiger partial charge in [0, 0.05) is 30.5 Å². The first-order chi connectivity index (χ1) is 13.3. The fourth-order valence-corrected chi connectivity index (χ4v) is 4.88. The maximum absolute atomic E-state index is 12.7. The van der Waals surface area contributed by atoms with E-state index in [4.69, 9.17) is 0 Å². The summed E-state index contributed by atoms with van der Waals surface area (Å²) in [6, 6.07) is 8.65. The van der Waals surface area contributed by atoms with Gasteiger partial charge >= 0.3 is 6.09 Å². The van der Waals surface area contributed by atoms with Crippen molar-refractivity contribution in [3.63, 3.8) is 0 Å². The number of carbonyl (C=O) groups is 2. The van der Waals surface area contributed by atoms with Crippen LogP contribution in [0.1, 0.15) is 43.7 Å². The molecule has 28 heavy (non-hydrogen) atoms. The van der Waals surface area contributed by atoms with Crippen LogP contribution < -0.4 is 5.32 Å². The first-order valence-electron chi connectivity index (χ1n) is 10.2. The van der Waals surface area contributed by atoms with Crippen LogP contribution in [0.3, 0.4) is 0 Å². The largest absolute Gasteiger partial charge is 0.453 e. The van der Waals surface area contributed by atoms with Crippen LogP contribution in [0.25, 0.3) is 0 Å². The van der Waals surface area contributed by atoms with E-state index in [1.165, 1.54) is 18.2 Å². The van der Waals surface area contributed by atoms with E-state index in [1.807, 2.05) is 4.90 Å². The fraction of sp³-hybridized carbons (Fsp3) is 0.636. The number of alkyl carbamates (subject to hydrolysis) is 1. The number of likely N-dealkylation sites (tertiary alicyclic amines) is 1. The van der Waals surface area contributed by atoms with E-state index >= 15 is 0 Å². The minimum Gasteiger partial charge on any atom is -0.453 e. The van der Waals surface area contributed by atoms with Gasteiger partial charge in [-0.05, 0) is 41.7 Å². The van der Waals surface area contributed by atoms with E-state index < -0.39 is 6.09 Å². The lowest BCUT2D eigenvalue weighted by molar-refractivity contribution is -0.138. The second kappa shape index (κ2) is 7.07. The van der Waals surface area contributed by atoms with Crippen molar-refractivity contribution in [2.45, 2.75) is 44.1 Å². The molecule has 1 aliphatic heterocycles. The predicted octanol–water partition coefficient (Wildman–Crippen LogP) is 2.26. The summed E-state index contributed by atoms with van der Waals surface area (Å²) < 4.78 is 4.60.